The maximum absolute atomic E-state index is 11.0. The molecular formula is C13H11NO3. The molecule has 2 aromatic rings. The summed E-state index contributed by atoms with van der Waals surface area (Å²) in [5.41, 5.74) is 2.04. The molecule has 4 nitrogen and oxygen atoms in total. The van der Waals surface area contributed by atoms with Gasteiger partial charge in [-0.15, -0.1) is 0 Å². The first kappa shape index (κ1) is 11.3. The lowest BCUT2D eigenvalue weighted by Gasteiger charge is -2.06. The molecule has 17 heavy (non-hydrogen) atoms. The Labute approximate surface area is 98.2 Å². The standard InChI is InChI=1S/C13H11NO3/c15-8-9-3-1-4-10(7-9)11-5-2-6-14-12(11)13(16)17/h1-7,15H,8H2,(H,16,17). The van der Waals surface area contributed by atoms with Gasteiger partial charge >= 0.3 is 5.97 Å². The number of carboxylic acid groups (broad SMARTS) is 1. The molecule has 0 aliphatic carbocycles. The summed E-state index contributed by atoms with van der Waals surface area (Å²) in [4.78, 5) is 14.9. The second-order valence-corrected chi connectivity index (χ2v) is 3.56. The highest BCUT2D eigenvalue weighted by atomic mass is 16.4. The van der Waals surface area contributed by atoms with Crippen molar-refractivity contribution in [3.63, 3.8) is 0 Å². The largest absolute Gasteiger partial charge is 0.476 e. The van der Waals surface area contributed by atoms with Crippen molar-refractivity contribution < 1.29 is 15.0 Å². The van der Waals surface area contributed by atoms with Crippen LogP contribution in [0.15, 0.2) is 42.6 Å². The molecule has 0 saturated carbocycles. The molecule has 1 aromatic carbocycles. The summed E-state index contributed by atoms with van der Waals surface area (Å²) in [5, 5.41) is 18.1. The van der Waals surface area contributed by atoms with E-state index in [0.717, 1.165) is 11.1 Å². The highest BCUT2D eigenvalue weighted by Crippen LogP contribution is 2.23. The van der Waals surface area contributed by atoms with Gasteiger partial charge in [-0.3, -0.25) is 0 Å². The van der Waals surface area contributed by atoms with Crippen LogP contribution in [0.2, 0.25) is 0 Å². The zero-order valence-electron chi connectivity index (χ0n) is 9.00. The Hall–Kier alpha value is -2.20. The third-order valence-electron chi connectivity index (χ3n) is 2.43. The Balaban J connectivity index is 2.56. The smallest absolute Gasteiger partial charge is 0.355 e. The number of aliphatic hydroxyl groups is 1. The van der Waals surface area contributed by atoms with Crippen LogP contribution in [-0.4, -0.2) is 21.2 Å². The lowest BCUT2D eigenvalue weighted by atomic mass is 10.0. The van der Waals surface area contributed by atoms with Crippen molar-refractivity contribution in [1.82, 2.24) is 4.98 Å². The molecule has 0 atom stereocenters. The van der Waals surface area contributed by atoms with Crippen LogP contribution < -0.4 is 0 Å². The summed E-state index contributed by atoms with van der Waals surface area (Å²) in [6.45, 7) is -0.0729. The van der Waals surface area contributed by atoms with Crippen LogP contribution in [0, 0.1) is 0 Å². The van der Waals surface area contributed by atoms with Crippen molar-refractivity contribution in [3.8, 4) is 11.1 Å². The van der Waals surface area contributed by atoms with Crippen LogP contribution >= 0.6 is 0 Å². The number of benzene rings is 1. The van der Waals surface area contributed by atoms with Gasteiger partial charge < -0.3 is 10.2 Å². The molecule has 1 aromatic heterocycles. The Kier molecular flexibility index (Phi) is 3.16. The molecule has 0 unspecified atom stereocenters. The molecule has 0 aliphatic rings. The topological polar surface area (TPSA) is 70.4 Å². The molecule has 1 heterocycles. The Morgan fingerprint density at radius 1 is 1.24 bits per heavy atom. The molecule has 0 amide bonds. The van der Waals surface area contributed by atoms with Crippen LogP contribution in [0.5, 0.6) is 0 Å². The number of aromatic nitrogens is 1. The van der Waals surface area contributed by atoms with Gasteiger partial charge in [-0.25, -0.2) is 9.78 Å². The summed E-state index contributed by atoms with van der Waals surface area (Å²) >= 11 is 0. The lowest BCUT2D eigenvalue weighted by molar-refractivity contribution is 0.0691. The predicted octanol–water partition coefficient (Wildman–Crippen LogP) is 1.94. The summed E-state index contributed by atoms with van der Waals surface area (Å²) in [6.07, 6.45) is 1.45. The number of rotatable bonds is 3. The normalized spacial score (nSPS) is 10.2. The quantitative estimate of drug-likeness (QED) is 0.843. The number of carbonyl (C=O) groups is 1. The second kappa shape index (κ2) is 4.76. The minimum Gasteiger partial charge on any atom is -0.476 e. The molecule has 0 aliphatic heterocycles. The van der Waals surface area contributed by atoms with Gasteiger partial charge in [-0.05, 0) is 23.3 Å². The number of carboxylic acids is 1. The SMILES string of the molecule is O=C(O)c1ncccc1-c1cccc(CO)c1. The van der Waals surface area contributed by atoms with Crippen molar-refractivity contribution in [3.05, 3.63) is 53.9 Å². The second-order valence-electron chi connectivity index (χ2n) is 3.56. The molecule has 0 saturated heterocycles. The summed E-state index contributed by atoms with van der Waals surface area (Å²) in [5.74, 6) is -1.06. The number of hydrogen-bond acceptors (Lipinski definition) is 3. The number of nitrogens with zero attached hydrogens (tertiary/aromatic N) is 1. The van der Waals surface area contributed by atoms with Crippen LogP contribution in [0.1, 0.15) is 16.1 Å². The average molecular weight is 229 g/mol. The minimum atomic E-state index is -1.06. The van der Waals surface area contributed by atoms with E-state index < -0.39 is 5.97 Å². The third-order valence-corrected chi connectivity index (χ3v) is 2.43. The van der Waals surface area contributed by atoms with Crippen molar-refractivity contribution in [2.24, 2.45) is 0 Å². The van der Waals surface area contributed by atoms with E-state index in [1.54, 1.807) is 36.4 Å². The van der Waals surface area contributed by atoms with Gasteiger partial charge in [0.2, 0.25) is 0 Å². The van der Waals surface area contributed by atoms with Crippen LogP contribution in [-0.2, 0) is 6.61 Å². The molecule has 4 heteroatoms. The van der Waals surface area contributed by atoms with Gasteiger partial charge in [0.1, 0.15) is 0 Å². The fourth-order valence-corrected chi connectivity index (χ4v) is 1.65. The third kappa shape index (κ3) is 2.32. The van der Waals surface area contributed by atoms with E-state index in [2.05, 4.69) is 4.98 Å². The van der Waals surface area contributed by atoms with Crippen LogP contribution in [0.3, 0.4) is 0 Å². The van der Waals surface area contributed by atoms with E-state index in [4.69, 9.17) is 10.2 Å². The van der Waals surface area contributed by atoms with Crippen molar-refractivity contribution in [2.75, 3.05) is 0 Å². The van der Waals surface area contributed by atoms with E-state index in [1.165, 1.54) is 6.20 Å². The monoisotopic (exact) mass is 229 g/mol. The summed E-state index contributed by atoms with van der Waals surface area (Å²) in [6, 6.07) is 10.5. The first-order chi connectivity index (χ1) is 8.22. The van der Waals surface area contributed by atoms with Crippen molar-refractivity contribution in [1.29, 1.82) is 0 Å². The first-order valence-corrected chi connectivity index (χ1v) is 5.11. The number of hydrogen-bond donors (Lipinski definition) is 2. The van der Waals surface area contributed by atoms with E-state index >= 15 is 0 Å². The van der Waals surface area contributed by atoms with Gasteiger partial charge in [-0.2, -0.15) is 0 Å². The molecule has 0 radical (unpaired) electrons. The lowest BCUT2D eigenvalue weighted by Crippen LogP contribution is -2.02. The van der Waals surface area contributed by atoms with E-state index in [9.17, 15) is 4.79 Å². The van der Waals surface area contributed by atoms with Gasteiger partial charge in [0, 0.05) is 11.8 Å². The molecule has 0 bridgehead atoms. The number of pyridine rings is 1. The van der Waals surface area contributed by atoms with Gasteiger partial charge in [0.15, 0.2) is 5.69 Å². The van der Waals surface area contributed by atoms with Crippen molar-refractivity contribution in [2.45, 2.75) is 6.61 Å². The summed E-state index contributed by atoms with van der Waals surface area (Å²) in [7, 11) is 0. The van der Waals surface area contributed by atoms with E-state index in [-0.39, 0.29) is 12.3 Å². The van der Waals surface area contributed by atoms with Gasteiger partial charge in [0.25, 0.3) is 0 Å². The fraction of sp³-hybridized carbons (Fsp3) is 0.0769. The Morgan fingerprint density at radius 2 is 2.06 bits per heavy atom. The van der Waals surface area contributed by atoms with Crippen LogP contribution in [0.25, 0.3) is 11.1 Å². The fourth-order valence-electron chi connectivity index (χ4n) is 1.65. The average Bonchev–Trinajstić information content (AvgIpc) is 2.39. The van der Waals surface area contributed by atoms with Crippen LogP contribution in [0.4, 0.5) is 0 Å². The number of aromatic carboxylic acids is 1. The molecular weight excluding hydrogens is 218 g/mol. The van der Waals surface area contributed by atoms with E-state index in [0.29, 0.717) is 5.56 Å². The molecule has 86 valence electrons. The Morgan fingerprint density at radius 3 is 2.76 bits per heavy atom. The maximum Gasteiger partial charge on any atom is 0.355 e. The molecule has 2 rings (SSSR count). The first-order valence-electron chi connectivity index (χ1n) is 5.11. The highest BCUT2D eigenvalue weighted by molar-refractivity contribution is 5.93. The maximum atomic E-state index is 11.0. The molecule has 0 fully saturated rings. The Bertz CT molecular complexity index is 552. The van der Waals surface area contributed by atoms with Gasteiger partial charge in [-0.1, -0.05) is 24.3 Å². The number of aliphatic hydroxyl groups excluding tert-OH is 1. The molecule has 2 N–H and O–H groups in total. The minimum absolute atomic E-state index is 0.0163. The zero-order chi connectivity index (χ0) is 12.3. The predicted molar refractivity (Wildman–Crippen MR) is 62.6 cm³/mol. The van der Waals surface area contributed by atoms with Gasteiger partial charge in [0.05, 0.1) is 6.61 Å². The highest BCUT2D eigenvalue weighted by Gasteiger charge is 2.12. The van der Waals surface area contributed by atoms with Crippen molar-refractivity contribution >= 4 is 5.97 Å². The van der Waals surface area contributed by atoms with E-state index in [1.807, 2.05) is 0 Å². The zero-order valence-corrected chi connectivity index (χ0v) is 9.00. The summed E-state index contributed by atoms with van der Waals surface area (Å²) < 4.78 is 0. The molecule has 0 spiro atoms.